The van der Waals surface area contributed by atoms with Gasteiger partial charge >= 0.3 is 0 Å². The molecule has 1 saturated carbocycles. The van der Waals surface area contributed by atoms with Crippen molar-refractivity contribution in [1.82, 2.24) is 4.98 Å². The number of aromatic nitrogens is 1. The van der Waals surface area contributed by atoms with E-state index in [2.05, 4.69) is 4.98 Å². The number of hydrogen-bond acceptors (Lipinski definition) is 2. The molecular weight excluding hydrogens is 234 g/mol. The lowest BCUT2D eigenvalue weighted by atomic mass is 9.90. The highest BCUT2D eigenvalue weighted by atomic mass is 35.5. The number of nitrogens with zero attached hydrogens (tertiary/aromatic N) is 1. The molecule has 1 heterocycles. The summed E-state index contributed by atoms with van der Waals surface area (Å²) in [6.45, 7) is 1.64. The fourth-order valence-corrected chi connectivity index (χ4v) is 2.81. The van der Waals surface area contributed by atoms with Crippen LogP contribution >= 0.6 is 11.6 Å². The number of carbonyl (C=O) groups excluding carboxylic acids is 1. The van der Waals surface area contributed by atoms with Crippen LogP contribution < -0.4 is 0 Å². The van der Waals surface area contributed by atoms with E-state index in [1.807, 2.05) is 24.3 Å². The molecule has 17 heavy (non-hydrogen) atoms. The molecule has 1 aromatic carbocycles. The third kappa shape index (κ3) is 1.48. The van der Waals surface area contributed by atoms with E-state index < -0.39 is 0 Å². The highest BCUT2D eigenvalue weighted by Gasteiger charge is 2.51. The smallest absolute Gasteiger partial charge is 0.140 e. The zero-order valence-corrected chi connectivity index (χ0v) is 10.3. The van der Waals surface area contributed by atoms with Crippen LogP contribution in [-0.4, -0.2) is 10.8 Å². The van der Waals surface area contributed by atoms with Crippen molar-refractivity contribution in [2.24, 2.45) is 0 Å². The molecule has 1 aliphatic carbocycles. The number of carbonyl (C=O) groups is 1. The zero-order chi connectivity index (χ0) is 12.0. The van der Waals surface area contributed by atoms with E-state index in [0.29, 0.717) is 5.02 Å². The Morgan fingerprint density at radius 1 is 1.35 bits per heavy atom. The predicted octanol–water partition coefficient (Wildman–Crippen LogP) is 3.51. The van der Waals surface area contributed by atoms with Gasteiger partial charge in [-0.1, -0.05) is 23.7 Å². The Labute approximate surface area is 105 Å². The molecule has 1 aromatic heterocycles. The number of hydrogen-bond donors (Lipinski definition) is 0. The van der Waals surface area contributed by atoms with E-state index in [1.54, 1.807) is 13.1 Å². The minimum atomic E-state index is -0.370. The van der Waals surface area contributed by atoms with Crippen molar-refractivity contribution < 1.29 is 4.79 Å². The maximum Gasteiger partial charge on any atom is 0.140 e. The van der Waals surface area contributed by atoms with Gasteiger partial charge in [0.05, 0.1) is 10.9 Å². The highest BCUT2D eigenvalue weighted by Crippen LogP contribution is 2.52. The van der Waals surface area contributed by atoms with Crippen LogP contribution in [0.2, 0.25) is 5.02 Å². The fraction of sp³-hybridized carbons (Fsp3) is 0.286. The molecule has 0 bridgehead atoms. The van der Waals surface area contributed by atoms with Crippen LogP contribution in [0.1, 0.15) is 25.3 Å². The van der Waals surface area contributed by atoms with Gasteiger partial charge in [-0.05, 0) is 31.9 Å². The molecule has 1 fully saturated rings. The summed E-state index contributed by atoms with van der Waals surface area (Å²) >= 11 is 6.28. The van der Waals surface area contributed by atoms with Crippen LogP contribution in [0.4, 0.5) is 0 Å². The first-order chi connectivity index (χ1) is 8.15. The van der Waals surface area contributed by atoms with Gasteiger partial charge in [-0.2, -0.15) is 0 Å². The standard InChI is InChI=1S/C14H12ClNO/c1-9(17)14(6-7-14)12-11(15)5-4-10-3-2-8-16-13(10)12/h2-5,8H,6-7H2,1H3. The van der Waals surface area contributed by atoms with Crippen LogP contribution in [0.15, 0.2) is 30.5 Å². The minimum absolute atomic E-state index is 0.192. The van der Waals surface area contributed by atoms with E-state index in [4.69, 9.17) is 11.6 Å². The second-order valence-corrected chi connectivity index (χ2v) is 5.04. The van der Waals surface area contributed by atoms with Crippen molar-refractivity contribution >= 4 is 28.3 Å². The van der Waals surface area contributed by atoms with Crippen molar-refractivity contribution in [3.8, 4) is 0 Å². The first kappa shape index (κ1) is 10.7. The van der Waals surface area contributed by atoms with Crippen LogP contribution in [0, 0.1) is 0 Å². The molecule has 0 radical (unpaired) electrons. The predicted molar refractivity (Wildman–Crippen MR) is 68.3 cm³/mol. The summed E-state index contributed by atoms with van der Waals surface area (Å²) in [6, 6.07) is 7.71. The van der Waals surface area contributed by atoms with E-state index in [-0.39, 0.29) is 11.2 Å². The van der Waals surface area contributed by atoms with Crippen molar-refractivity contribution in [3.63, 3.8) is 0 Å². The maximum absolute atomic E-state index is 11.8. The number of Topliss-reactive ketones (excluding diaryl/α,β-unsaturated/α-hetero) is 1. The molecule has 0 N–H and O–H groups in total. The Balaban J connectivity index is 2.35. The monoisotopic (exact) mass is 245 g/mol. The molecule has 0 atom stereocenters. The molecule has 86 valence electrons. The summed E-state index contributed by atoms with van der Waals surface area (Å²) in [5, 5.41) is 1.70. The molecule has 1 aliphatic rings. The quantitative estimate of drug-likeness (QED) is 0.811. The van der Waals surface area contributed by atoms with Crippen LogP contribution in [-0.2, 0) is 10.2 Å². The van der Waals surface area contributed by atoms with Crippen molar-refractivity contribution in [3.05, 3.63) is 41.0 Å². The Kier molecular flexibility index (Phi) is 2.23. The average Bonchev–Trinajstić information content (AvgIpc) is 3.10. The SMILES string of the molecule is CC(=O)C1(c2c(Cl)ccc3cccnc23)CC1. The second kappa shape index (κ2) is 3.54. The number of ketones is 1. The molecule has 2 aromatic rings. The van der Waals surface area contributed by atoms with E-state index in [1.165, 1.54) is 0 Å². The summed E-state index contributed by atoms with van der Waals surface area (Å²) in [5.41, 5.74) is 1.42. The van der Waals surface area contributed by atoms with Gasteiger partial charge in [0.25, 0.3) is 0 Å². The topological polar surface area (TPSA) is 30.0 Å². The van der Waals surface area contributed by atoms with E-state index in [9.17, 15) is 4.79 Å². The van der Waals surface area contributed by atoms with E-state index >= 15 is 0 Å². The Morgan fingerprint density at radius 3 is 2.76 bits per heavy atom. The lowest BCUT2D eigenvalue weighted by Gasteiger charge is -2.15. The molecule has 3 heteroatoms. The molecule has 0 unspecified atom stereocenters. The Bertz CT molecular complexity index is 617. The van der Waals surface area contributed by atoms with Gasteiger partial charge in [-0.25, -0.2) is 0 Å². The van der Waals surface area contributed by atoms with Crippen molar-refractivity contribution in [2.75, 3.05) is 0 Å². The number of halogens is 1. The van der Waals surface area contributed by atoms with Crippen molar-refractivity contribution in [2.45, 2.75) is 25.2 Å². The first-order valence-electron chi connectivity index (χ1n) is 5.70. The van der Waals surface area contributed by atoms with Gasteiger partial charge in [0.1, 0.15) is 5.78 Å². The third-order valence-corrected chi connectivity index (χ3v) is 3.94. The lowest BCUT2D eigenvalue weighted by Crippen LogP contribution is -2.18. The van der Waals surface area contributed by atoms with Gasteiger partial charge in [-0.3, -0.25) is 9.78 Å². The van der Waals surface area contributed by atoms with E-state index in [0.717, 1.165) is 29.3 Å². The van der Waals surface area contributed by atoms with Crippen LogP contribution in [0.5, 0.6) is 0 Å². The van der Waals surface area contributed by atoms with Crippen LogP contribution in [0.25, 0.3) is 10.9 Å². The van der Waals surface area contributed by atoms with Gasteiger partial charge < -0.3 is 0 Å². The Morgan fingerprint density at radius 2 is 2.12 bits per heavy atom. The van der Waals surface area contributed by atoms with Gasteiger partial charge in [0, 0.05) is 22.2 Å². The number of pyridine rings is 1. The molecule has 0 spiro atoms. The summed E-state index contributed by atoms with van der Waals surface area (Å²) in [7, 11) is 0. The van der Waals surface area contributed by atoms with Gasteiger partial charge in [0.15, 0.2) is 0 Å². The third-order valence-electron chi connectivity index (χ3n) is 3.63. The average molecular weight is 246 g/mol. The number of rotatable bonds is 2. The summed E-state index contributed by atoms with van der Waals surface area (Å²) in [4.78, 5) is 16.2. The second-order valence-electron chi connectivity index (χ2n) is 4.64. The molecule has 2 nitrogen and oxygen atoms in total. The zero-order valence-electron chi connectivity index (χ0n) is 9.53. The lowest BCUT2D eigenvalue weighted by molar-refractivity contribution is -0.119. The molecule has 0 aliphatic heterocycles. The van der Waals surface area contributed by atoms with Gasteiger partial charge in [0.2, 0.25) is 0 Å². The van der Waals surface area contributed by atoms with Crippen LogP contribution in [0.3, 0.4) is 0 Å². The largest absolute Gasteiger partial charge is 0.299 e. The van der Waals surface area contributed by atoms with Crippen molar-refractivity contribution in [1.29, 1.82) is 0 Å². The summed E-state index contributed by atoms with van der Waals surface area (Å²) in [5.74, 6) is 0.192. The van der Waals surface area contributed by atoms with Gasteiger partial charge in [-0.15, -0.1) is 0 Å². The number of fused-ring (bicyclic) bond motifs is 1. The summed E-state index contributed by atoms with van der Waals surface area (Å²) < 4.78 is 0. The fourth-order valence-electron chi connectivity index (χ4n) is 2.48. The number of benzene rings is 1. The highest BCUT2D eigenvalue weighted by molar-refractivity contribution is 6.33. The molecule has 0 amide bonds. The summed E-state index contributed by atoms with van der Waals surface area (Å²) in [6.07, 6.45) is 3.52. The molecular formula is C14H12ClNO. The minimum Gasteiger partial charge on any atom is -0.299 e. The molecule has 0 saturated heterocycles. The Hall–Kier alpha value is -1.41. The normalized spacial score (nSPS) is 17.1. The first-order valence-corrected chi connectivity index (χ1v) is 6.08. The molecule has 3 rings (SSSR count). The maximum atomic E-state index is 11.8.